The number of hydrazine groups is 1. The number of urea groups is 1. The Bertz CT molecular complexity index is 1420. The fourth-order valence-electron chi connectivity index (χ4n) is 5.74. The molecule has 11 nitrogen and oxygen atoms in total. The standard InChI is InChI=1S/C33H39N5O6/c1-5-7-11-24(6-2)27(25-12-9-8-10-13-25)20-36-21-29-37(28(32(36)42)18-31(40)41)30(39)22-35(3)38(29)33(43)34-19-23-14-16-26(44-4)17-15-23/h5-17,27-29H,1,18-22H2,2-4H3,(H,34,43)(H,40,41)/b11-7-,24-6+/t27?,28-,29-/m0/s1. The molecule has 0 radical (unpaired) electrons. The normalized spacial score (nSPS) is 20.0. The van der Waals surface area contributed by atoms with E-state index < -0.39 is 42.4 Å². The van der Waals surface area contributed by atoms with Crippen LogP contribution in [-0.2, 0) is 20.9 Å². The summed E-state index contributed by atoms with van der Waals surface area (Å²) < 4.78 is 5.20. The number of carboxylic acid groups (broad SMARTS) is 1. The maximum absolute atomic E-state index is 13.9. The van der Waals surface area contributed by atoms with Crippen molar-refractivity contribution >= 4 is 23.8 Å². The minimum atomic E-state index is -1.27. The summed E-state index contributed by atoms with van der Waals surface area (Å²) in [6.45, 7) is 5.93. The lowest BCUT2D eigenvalue weighted by molar-refractivity contribution is -0.188. The third-order valence-corrected chi connectivity index (χ3v) is 7.88. The van der Waals surface area contributed by atoms with E-state index in [9.17, 15) is 24.3 Å². The van der Waals surface area contributed by atoms with Crippen LogP contribution in [0.25, 0.3) is 0 Å². The number of amides is 4. The van der Waals surface area contributed by atoms with Crippen LogP contribution in [0.15, 0.2) is 91.1 Å². The molecule has 4 amide bonds. The number of likely N-dealkylation sites (N-methyl/N-ethyl adjacent to an activating group) is 1. The molecular weight excluding hydrogens is 562 g/mol. The van der Waals surface area contributed by atoms with Gasteiger partial charge in [-0.25, -0.2) is 14.8 Å². The summed E-state index contributed by atoms with van der Waals surface area (Å²) in [7, 11) is 3.20. The van der Waals surface area contributed by atoms with Gasteiger partial charge >= 0.3 is 12.0 Å². The number of benzene rings is 2. The second-order valence-electron chi connectivity index (χ2n) is 10.7. The predicted octanol–water partition coefficient (Wildman–Crippen LogP) is 3.38. The van der Waals surface area contributed by atoms with Gasteiger partial charge in [-0.2, -0.15) is 0 Å². The number of nitrogens with one attached hydrogen (secondary N) is 1. The topological polar surface area (TPSA) is 123 Å². The number of carbonyl (C=O) groups is 4. The second kappa shape index (κ2) is 14.5. The van der Waals surface area contributed by atoms with Gasteiger partial charge in [-0.3, -0.25) is 14.4 Å². The molecule has 2 aromatic carbocycles. The molecule has 2 aliphatic heterocycles. The van der Waals surface area contributed by atoms with Crippen molar-refractivity contribution < 1.29 is 29.0 Å². The van der Waals surface area contributed by atoms with Crippen LogP contribution >= 0.6 is 0 Å². The van der Waals surface area contributed by atoms with E-state index in [1.165, 1.54) is 14.9 Å². The van der Waals surface area contributed by atoms with Gasteiger partial charge in [0.05, 0.1) is 26.6 Å². The number of hydrogen-bond donors (Lipinski definition) is 2. The van der Waals surface area contributed by atoms with Crippen LogP contribution in [0.5, 0.6) is 5.75 Å². The van der Waals surface area contributed by atoms with Gasteiger partial charge in [-0.05, 0) is 35.8 Å². The molecule has 2 fully saturated rings. The van der Waals surface area contributed by atoms with Gasteiger partial charge in [-0.15, -0.1) is 0 Å². The highest BCUT2D eigenvalue weighted by Gasteiger charge is 2.51. The number of rotatable bonds is 11. The van der Waals surface area contributed by atoms with Crippen molar-refractivity contribution in [3.05, 3.63) is 102 Å². The molecule has 4 rings (SSSR count). The van der Waals surface area contributed by atoms with Crippen LogP contribution in [-0.4, -0.2) is 94.7 Å². The van der Waals surface area contributed by atoms with Crippen molar-refractivity contribution in [1.82, 2.24) is 25.1 Å². The van der Waals surface area contributed by atoms with Crippen LogP contribution in [0, 0.1) is 0 Å². The first-order valence-electron chi connectivity index (χ1n) is 14.4. The summed E-state index contributed by atoms with van der Waals surface area (Å²) in [5, 5.41) is 15.6. The van der Waals surface area contributed by atoms with Crippen molar-refractivity contribution in [2.45, 2.75) is 38.0 Å². The van der Waals surface area contributed by atoms with Crippen LogP contribution in [0.3, 0.4) is 0 Å². The number of aliphatic carboxylic acids is 1. The Morgan fingerprint density at radius 2 is 1.84 bits per heavy atom. The van der Waals surface area contributed by atoms with E-state index >= 15 is 0 Å². The van der Waals surface area contributed by atoms with E-state index in [1.54, 1.807) is 37.3 Å². The van der Waals surface area contributed by atoms with Crippen molar-refractivity contribution in [3.8, 4) is 5.75 Å². The SMILES string of the molecule is C=C/C=C\C(=C/C)C(CN1C[C@H]2N(C(=O)CN(C)N2C(=O)NCc2ccc(OC)cc2)[C@@H](CC(=O)O)C1=O)c1ccccc1. The molecule has 0 aromatic heterocycles. The Morgan fingerprint density at radius 1 is 1.14 bits per heavy atom. The van der Waals surface area contributed by atoms with Gasteiger partial charge in [0.2, 0.25) is 11.8 Å². The van der Waals surface area contributed by atoms with Gasteiger partial charge in [0.15, 0.2) is 0 Å². The lowest BCUT2D eigenvalue weighted by Crippen LogP contribution is -2.76. The lowest BCUT2D eigenvalue weighted by atomic mass is 9.89. The zero-order chi connectivity index (χ0) is 31.8. The minimum Gasteiger partial charge on any atom is -0.497 e. The molecule has 2 saturated heterocycles. The highest BCUT2D eigenvalue weighted by Crippen LogP contribution is 2.32. The van der Waals surface area contributed by atoms with Crippen molar-refractivity contribution in [1.29, 1.82) is 0 Å². The van der Waals surface area contributed by atoms with E-state index in [0.29, 0.717) is 5.75 Å². The molecule has 2 N–H and O–H groups in total. The summed E-state index contributed by atoms with van der Waals surface area (Å²) in [6.07, 6.45) is 5.90. The van der Waals surface area contributed by atoms with Crippen LogP contribution < -0.4 is 10.1 Å². The number of piperazine rings is 1. The zero-order valence-corrected chi connectivity index (χ0v) is 25.3. The highest BCUT2D eigenvalue weighted by atomic mass is 16.5. The van der Waals surface area contributed by atoms with Gasteiger partial charge in [0.25, 0.3) is 0 Å². The molecule has 232 valence electrons. The number of carbonyl (C=O) groups excluding carboxylic acids is 3. The average Bonchev–Trinajstić information content (AvgIpc) is 3.01. The number of methoxy groups -OCH3 is 1. The van der Waals surface area contributed by atoms with E-state index in [2.05, 4.69) is 11.9 Å². The summed E-state index contributed by atoms with van der Waals surface area (Å²) in [5.74, 6) is -1.67. The fourth-order valence-corrected chi connectivity index (χ4v) is 5.74. The van der Waals surface area contributed by atoms with Gasteiger partial charge in [-0.1, -0.05) is 73.3 Å². The van der Waals surface area contributed by atoms with Crippen LogP contribution in [0.2, 0.25) is 0 Å². The molecule has 3 atom stereocenters. The van der Waals surface area contributed by atoms with E-state index in [4.69, 9.17) is 4.74 Å². The summed E-state index contributed by atoms with van der Waals surface area (Å²) in [5.41, 5.74) is 2.74. The molecule has 0 bridgehead atoms. The first-order valence-corrected chi connectivity index (χ1v) is 14.4. The Hall–Kier alpha value is -4.90. The fraction of sp³-hybridized carbons (Fsp3) is 0.333. The number of allylic oxidation sites excluding steroid dienone is 4. The van der Waals surface area contributed by atoms with E-state index in [-0.39, 0.29) is 32.1 Å². The predicted molar refractivity (Wildman–Crippen MR) is 165 cm³/mol. The maximum Gasteiger partial charge on any atom is 0.334 e. The summed E-state index contributed by atoms with van der Waals surface area (Å²) in [6, 6.07) is 15.2. The highest BCUT2D eigenvalue weighted by molar-refractivity contribution is 5.93. The van der Waals surface area contributed by atoms with E-state index in [0.717, 1.165) is 16.7 Å². The van der Waals surface area contributed by atoms with Crippen molar-refractivity contribution in [3.63, 3.8) is 0 Å². The minimum absolute atomic E-state index is 0.00644. The van der Waals surface area contributed by atoms with Crippen molar-refractivity contribution in [2.75, 3.05) is 33.8 Å². The molecule has 2 heterocycles. The van der Waals surface area contributed by atoms with Crippen LogP contribution in [0.1, 0.15) is 30.4 Å². The molecule has 0 saturated carbocycles. The Kier molecular flexibility index (Phi) is 10.6. The summed E-state index contributed by atoms with van der Waals surface area (Å²) in [4.78, 5) is 55.7. The third kappa shape index (κ3) is 7.17. The van der Waals surface area contributed by atoms with Crippen molar-refractivity contribution in [2.24, 2.45) is 0 Å². The smallest absolute Gasteiger partial charge is 0.334 e. The van der Waals surface area contributed by atoms with Crippen LogP contribution in [0.4, 0.5) is 4.79 Å². The van der Waals surface area contributed by atoms with Gasteiger partial charge < -0.3 is 25.0 Å². The maximum atomic E-state index is 13.9. The average molecular weight is 602 g/mol. The molecule has 11 heteroatoms. The third-order valence-electron chi connectivity index (χ3n) is 7.88. The number of ether oxygens (including phenoxy) is 1. The van der Waals surface area contributed by atoms with E-state index in [1.807, 2.05) is 67.6 Å². The number of fused-ring (bicyclic) bond motifs is 1. The molecular formula is C33H39N5O6. The molecule has 0 spiro atoms. The Labute approximate surface area is 257 Å². The Balaban J connectivity index is 1.67. The largest absolute Gasteiger partial charge is 0.497 e. The van der Waals surface area contributed by atoms with Gasteiger partial charge in [0.1, 0.15) is 18.0 Å². The summed E-state index contributed by atoms with van der Waals surface area (Å²) >= 11 is 0. The quantitative estimate of drug-likeness (QED) is 0.379. The lowest BCUT2D eigenvalue weighted by Gasteiger charge is -2.54. The number of hydrogen-bond acceptors (Lipinski definition) is 6. The molecule has 2 aromatic rings. The first-order chi connectivity index (χ1) is 21.2. The number of carboxylic acids is 1. The zero-order valence-electron chi connectivity index (χ0n) is 25.3. The molecule has 44 heavy (non-hydrogen) atoms. The molecule has 0 aliphatic carbocycles. The monoisotopic (exact) mass is 601 g/mol. The molecule has 1 unspecified atom stereocenters. The van der Waals surface area contributed by atoms with Gasteiger partial charge in [0, 0.05) is 26.1 Å². The number of nitrogens with zero attached hydrogens (tertiary/aromatic N) is 4. The second-order valence-corrected chi connectivity index (χ2v) is 10.7. The first kappa shape index (κ1) is 32.0. The molecule has 2 aliphatic rings. The Morgan fingerprint density at radius 3 is 2.45 bits per heavy atom.